The van der Waals surface area contributed by atoms with Gasteiger partial charge in [0.25, 0.3) is 0 Å². The maximum absolute atomic E-state index is 6.25. The van der Waals surface area contributed by atoms with Crippen LogP contribution in [0.1, 0.15) is 29.2 Å². The molecule has 6 heteroatoms. The molecule has 0 amide bonds. The van der Waals surface area contributed by atoms with Gasteiger partial charge in [-0.25, -0.2) is 0 Å². The molecule has 116 valence electrons. The van der Waals surface area contributed by atoms with E-state index in [1.807, 2.05) is 0 Å². The molecule has 1 aromatic heterocycles. The number of hydrogen-bond donors (Lipinski definition) is 1. The van der Waals surface area contributed by atoms with Crippen LogP contribution in [0.15, 0.2) is 40.0 Å². The highest BCUT2D eigenvalue weighted by Crippen LogP contribution is 2.45. The number of allylic oxidation sites excluding steroid dienone is 1. The number of amidine groups is 1. The largest absolute Gasteiger partial charge is 0.316 e. The summed E-state index contributed by atoms with van der Waals surface area (Å²) in [5.41, 5.74) is 9.15. The van der Waals surface area contributed by atoms with E-state index in [-0.39, 0.29) is 5.92 Å². The third kappa shape index (κ3) is 1.75. The Kier molecular flexibility index (Phi) is 2.91. The molecule has 1 aliphatic carbocycles. The Balaban J connectivity index is 1.92. The fourth-order valence-electron chi connectivity index (χ4n) is 3.86. The van der Waals surface area contributed by atoms with E-state index in [2.05, 4.69) is 72.5 Å². The zero-order valence-electron chi connectivity index (χ0n) is 12.3. The molecule has 1 N–H and O–H groups in total. The second-order valence-corrected chi connectivity index (χ2v) is 7.09. The molecule has 1 unspecified atom stereocenters. The van der Waals surface area contributed by atoms with Gasteiger partial charge in [0, 0.05) is 27.8 Å². The molecular weight excluding hydrogens is 376 g/mol. The molecule has 0 saturated carbocycles. The maximum Gasteiger partial charge on any atom is 0.140 e. The van der Waals surface area contributed by atoms with Crippen LogP contribution in [0.2, 0.25) is 0 Å². The molecule has 0 fully saturated rings. The average Bonchev–Trinajstić information content (AvgIpc) is 3.16. The molecule has 4 nitrogen and oxygen atoms in total. The second kappa shape index (κ2) is 4.89. The van der Waals surface area contributed by atoms with Crippen molar-refractivity contribution in [2.45, 2.75) is 18.2 Å². The molecule has 3 aliphatic rings. The van der Waals surface area contributed by atoms with E-state index >= 15 is 0 Å². The number of halogens is 2. The van der Waals surface area contributed by atoms with Crippen molar-refractivity contribution in [1.82, 2.24) is 9.99 Å². The van der Waals surface area contributed by atoms with Crippen molar-refractivity contribution in [2.75, 3.05) is 11.6 Å². The number of nitrogens with zero attached hydrogens (tertiary/aromatic N) is 3. The number of hydrogen-bond acceptors (Lipinski definition) is 3. The Morgan fingerprint density at radius 1 is 1.39 bits per heavy atom. The van der Waals surface area contributed by atoms with E-state index in [1.165, 1.54) is 16.9 Å². The number of para-hydroxylation sites is 1. The van der Waals surface area contributed by atoms with Crippen LogP contribution in [-0.4, -0.2) is 17.1 Å². The zero-order chi connectivity index (χ0) is 15.6. The minimum Gasteiger partial charge on any atom is -0.316 e. The van der Waals surface area contributed by atoms with Crippen molar-refractivity contribution in [3.63, 3.8) is 0 Å². The lowest BCUT2D eigenvalue weighted by Crippen LogP contribution is -2.32. The molecule has 0 bridgehead atoms. The highest BCUT2D eigenvalue weighted by Gasteiger charge is 2.38. The van der Waals surface area contributed by atoms with Crippen molar-refractivity contribution in [3.05, 3.63) is 51.8 Å². The van der Waals surface area contributed by atoms with Crippen molar-refractivity contribution < 1.29 is 0 Å². The summed E-state index contributed by atoms with van der Waals surface area (Å²) < 4.78 is 3.42. The highest BCUT2D eigenvalue weighted by atomic mass is 79.9. The number of fused-ring (bicyclic) bond motifs is 5. The fraction of sp³-hybridized carbons (Fsp3) is 0.235. The van der Waals surface area contributed by atoms with Crippen LogP contribution in [0.5, 0.6) is 0 Å². The van der Waals surface area contributed by atoms with Crippen LogP contribution in [0.25, 0.3) is 11.8 Å². The lowest BCUT2D eigenvalue weighted by atomic mass is 9.91. The molecule has 0 spiro atoms. The first kappa shape index (κ1) is 13.7. The van der Waals surface area contributed by atoms with Gasteiger partial charge in [-0.15, -0.1) is 11.6 Å². The third-order valence-corrected chi connectivity index (χ3v) is 5.73. The van der Waals surface area contributed by atoms with Gasteiger partial charge in [0.05, 0.1) is 17.3 Å². The number of aromatic nitrogens is 1. The van der Waals surface area contributed by atoms with E-state index in [4.69, 9.17) is 11.6 Å². The van der Waals surface area contributed by atoms with Crippen LogP contribution >= 0.6 is 27.5 Å². The summed E-state index contributed by atoms with van der Waals surface area (Å²) in [6, 6.07) is 6.33. The monoisotopic (exact) mass is 388 g/mol. The summed E-state index contributed by atoms with van der Waals surface area (Å²) in [6.45, 7) is 0.704. The number of benzene rings is 1. The van der Waals surface area contributed by atoms with Gasteiger partial charge in [0.2, 0.25) is 0 Å². The van der Waals surface area contributed by atoms with E-state index in [0.29, 0.717) is 12.5 Å². The SMILES string of the molecule is ClCc1cccc2c1-n1cc(Br)c3c1C(CC=C3)C1=NNCN12. The number of alkyl halides is 1. The maximum atomic E-state index is 6.25. The minimum absolute atomic E-state index is 0.256. The quantitative estimate of drug-likeness (QED) is 0.742. The zero-order valence-corrected chi connectivity index (χ0v) is 14.6. The molecule has 0 saturated heterocycles. The van der Waals surface area contributed by atoms with E-state index < -0.39 is 0 Å². The van der Waals surface area contributed by atoms with Gasteiger partial charge in [-0.1, -0.05) is 24.3 Å². The van der Waals surface area contributed by atoms with Crippen LogP contribution in [-0.2, 0) is 5.88 Å². The standard InChI is InChI=1S/C17H14BrClN4/c18-13-8-22-15-10(7-19)3-1-6-14(15)23-9-20-21-17(23)12-5-2-4-11(13)16(12)22/h1-4,6,8,12,20H,5,7,9H2. The Labute approximate surface area is 147 Å². The molecule has 1 aromatic carbocycles. The average molecular weight is 390 g/mol. The molecule has 23 heavy (non-hydrogen) atoms. The first-order valence-corrected chi connectivity index (χ1v) is 8.96. The molecule has 2 aliphatic heterocycles. The summed E-state index contributed by atoms with van der Waals surface area (Å²) in [5, 5.41) is 4.60. The summed E-state index contributed by atoms with van der Waals surface area (Å²) in [6.07, 6.45) is 7.57. The fourth-order valence-corrected chi connectivity index (χ4v) is 4.61. The van der Waals surface area contributed by atoms with Crippen LogP contribution in [0.4, 0.5) is 5.69 Å². The number of hydrazone groups is 1. The van der Waals surface area contributed by atoms with Crippen molar-refractivity contribution >= 4 is 45.1 Å². The predicted octanol–water partition coefficient (Wildman–Crippen LogP) is 4.17. The highest BCUT2D eigenvalue weighted by molar-refractivity contribution is 9.10. The van der Waals surface area contributed by atoms with Gasteiger partial charge in [0.1, 0.15) is 12.5 Å². The van der Waals surface area contributed by atoms with Crippen molar-refractivity contribution in [1.29, 1.82) is 0 Å². The topological polar surface area (TPSA) is 32.6 Å². The summed E-state index contributed by atoms with van der Waals surface area (Å²) >= 11 is 9.98. The van der Waals surface area contributed by atoms with Crippen LogP contribution in [0.3, 0.4) is 0 Å². The third-order valence-electron chi connectivity index (χ3n) is 4.81. The van der Waals surface area contributed by atoms with Crippen molar-refractivity contribution in [2.24, 2.45) is 5.10 Å². The summed E-state index contributed by atoms with van der Waals surface area (Å²) in [7, 11) is 0. The van der Waals surface area contributed by atoms with E-state index in [0.717, 1.165) is 28.0 Å². The minimum atomic E-state index is 0.256. The molecule has 3 heterocycles. The molecule has 2 aromatic rings. The predicted molar refractivity (Wildman–Crippen MR) is 97.3 cm³/mol. The van der Waals surface area contributed by atoms with Gasteiger partial charge in [-0.2, -0.15) is 5.10 Å². The first-order valence-electron chi connectivity index (χ1n) is 7.63. The number of nitrogens with one attached hydrogen (secondary N) is 1. The molecule has 5 rings (SSSR count). The lowest BCUT2D eigenvalue weighted by Gasteiger charge is -2.24. The number of rotatable bonds is 1. The first-order chi connectivity index (χ1) is 11.3. The van der Waals surface area contributed by atoms with Crippen LogP contribution < -0.4 is 10.3 Å². The van der Waals surface area contributed by atoms with Crippen LogP contribution in [0, 0.1) is 0 Å². The second-order valence-electron chi connectivity index (χ2n) is 5.97. The molecule has 0 radical (unpaired) electrons. The Morgan fingerprint density at radius 3 is 3.17 bits per heavy atom. The van der Waals surface area contributed by atoms with Gasteiger partial charge in [-0.3, -0.25) is 5.43 Å². The normalized spacial score (nSPS) is 20.3. The Hall–Kier alpha value is -1.72. The summed E-state index contributed by atoms with van der Waals surface area (Å²) in [4.78, 5) is 2.28. The molecular formula is C17H14BrClN4. The van der Waals surface area contributed by atoms with E-state index in [9.17, 15) is 0 Å². The van der Waals surface area contributed by atoms with Gasteiger partial charge in [0.15, 0.2) is 0 Å². The molecule has 1 atom stereocenters. The summed E-state index contributed by atoms with van der Waals surface area (Å²) in [5.74, 6) is 1.84. The smallest absolute Gasteiger partial charge is 0.140 e. The van der Waals surface area contributed by atoms with Gasteiger partial charge in [-0.05, 0) is 34.0 Å². The van der Waals surface area contributed by atoms with Crippen molar-refractivity contribution in [3.8, 4) is 5.69 Å². The number of anilines is 1. The van der Waals surface area contributed by atoms with E-state index in [1.54, 1.807) is 0 Å². The van der Waals surface area contributed by atoms with Gasteiger partial charge >= 0.3 is 0 Å². The lowest BCUT2D eigenvalue weighted by molar-refractivity contribution is 0.798. The Morgan fingerprint density at radius 2 is 2.30 bits per heavy atom. The Bertz CT molecular complexity index is 883. The van der Waals surface area contributed by atoms with Gasteiger partial charge < -0.3 is 9.47 Å².